The molecule has 0 fully saturated rings. The first-order valence-electron chi connectivity index (χ1n) is 7.61. The van der Waals surface area contributed by atoms with Crippen LogP contribution in [0.15, 0.2) is 0 Å². The van der Waals surface area contributed by atoms with E-state index in [0.717, 1.165) is 17.8 Å². The van der Waals surface area contributed by atoms with Crippen LogP contribution in [-0.4, -0.2) is 0 Å². The summed E-state index contributed by atoms with van der Waals surface area (Å²) in [6, 6.07) is 0. The zero-order valence-corrected chi connectivity index (χ0v) is 12.4. The molecule has 0 bridgehead atoms. The summed E-state index contributed by atoms with van der Waals surface area (Å²) in [7, 11) is 0. The fourth-order valence-electron chi connectivity index (χ4n) is 2.49. The van der Waals surface area contributed by atoms with Gasteiger partial charge in [0.15, 0.2) is 0 Å². The molecule has 0 saturated carbocycles. The maximum atomic E-state index is 2.48. The molecule has 0 aromatic carbocycles. The predicted octanol–water partition coefficient (Wildman–Crippen LogP) is 6.06. The van der Waals surface area contributed by atoms with Gasteiger partial charge in [0.1, 0.15) is 0 Å². The smallest absolute Gasteiger partial charge is 0.0388 e. The Hall–Kier alpha value is 0. The lowest BCUT2D eigenvalue weighted by Crippen LogP contribution is -2.13. The van der Waals surface area contributed by atoms with Crippen LogP contribution < -0.4 is 0 Å². The van der Waals surface area contributed by atoms with E-state index in [1.54, 1.807) is 0 Å². The van der Waals surface area contributed by atoms with Gasteiger partial charge in [0, 0.05) is 0 Å². The van der Waals surface area contributed by atoms with Gasteiger partial charge in [0.2, 0.25) is 0 Å². The molecule has 2 atom stereocenters. The van der Waals surface area contributed by atoms with Crippen molar-refractivity contribution in [3.05, 3.63) is 0 Å². The fourth-order valence-corrected chi connectivity index (χ4v) is 2.49. The molecule has 0 N–H and O–H groups in total. The molecule has 0 saturated heterocycles. The van der Waals surface area contributed by atoms with Crippen LogP contribution in [0.2, 0.25) is 0 Å². The molecule has 0 radical (unpaired) electrons. The molecule has 0 aliphatic rings. The van der Waals surface area contributed by atoms with E-state index in [1.807, 2.05) is 0 Å². The molecule has 0 rings (SSSR count). The third kappa shape index (κ3) is 8.19. The largest absolute Gasteiger partial charge is 0.0654 e. The van der Waals surface area contributed by atoms with E-state index < -0.39 is 0 Å². The van der Waals surface area contributed by atoms with Crippen LogP contribution in [0.25, 0.3) is 0 Å². The van der Waals surface area contributed by atoms with Gasteiger partial charge in [-0.25, -0.2) is 0 Å². The molecule has 0 aromatic rings. The van der Waals surface area contributed by atoms with E-state index >= 15 is 0 Å². The summed E-state index contributed by atoms with van der Waals surface area (Å²) in [4.78, 5) is 0. The summed E-state index contributed by atoms with van der Waals surface area (Å²) >= 11 is 0. The van der Waals surface area contributed by atoms with E-state index in [4.69, 9.17) is 0 Å². The van der Waals surface area contributed by atoms with Crippen molar-refractivity contribution < 1.29 is 0 Å². The molecule has 16 heavy (non-hydrogen) atoms. The normalized spacial score (nSPS) is 15.4. The van der Waals surface area contributed by atoms with Crippen LogP contribution in [0, 0.1) is 17.8 Å². The summed E-state index contributed by atoms with van der Waals surface area (Å²) in [5, 5.41) is 0. The number of unbranched alkanes of at least 4 members (excludes halogenated alkanes) is 2. The lowest BCUT2D eigenvalue weighted by molar-refractivity contribution is 0.270. The standard InChI is InChI=1S/C16H34/c1-6-8-10-15(5)16(11-9-7-2)13-12-14(3)4/h14-16H,6-13H2,1-5H3. The second-order valence-electron chi connectivity index (χ2n) is 5.99. The van der Waals surface area contributed by atoms with Crippen molar-refractivity contribution in [3.63, 3.8) is 0 Å². The van der Waals surface area contributed by atoms with E-state index in [2.05, 4.69) is 34.6 Å². The van der Waals surface area contributed by atoms with Crippen LogP contribution in [0.3, 0.4) is 0 Å². The van der Waals surface area contributed by atoms with Crippen molar-refractivity contribution in [2.24, 2.45) is 17.8 Å². The van der Waals surface area contributed by atoms with Gasteiger partial charge in [-0.3, -0.25) is 0 Å². The van der Waals surface area contributed by atoms with Crippen LogP contribution in [0.4, 0.5) is 0 Å². The first kappa shape index (κ1) is 16.0. The van der Waals surface area contributed by atoms with Crippen molar-refractivity contribution >= 4 is 0 Å². The summed E-state index contributed by atoms with van der Waals surface area (Å²) in [5.74, 6) is 2.82. The lowest BCUT2D eigenvalue weighted by atomic mass is 9.81. The zero-order valence-electron chi connectivity index (χ0n) is 12.4. The van der Waals surface area contributed by atoms with Crippen molar-refractivity contribution in [1.82, 2.24) is 0 Å². The van der Waals surface area contributed by atoms with Gasteiger partial charge in [0.25, 0.3) is 0 Å². The minimum Gasteiger partial charge on any atom is -0.0654 e. The number of rotatable bonds is 10. The van der Waals surface area contributed by atoms with E-state index in [9.17, 15) is 0 Å². The average molecular weight is 226 g/mol. The minimum absolute atomic E-state index is 0.877. The molecule has 2 unspecified atom stereocenters. The van der Waals surface area contributed by atoms with Gasteiger partial charge >= 0.3 is 0 Å². The third-order valence-electron chi connectivity index (χ3n) is 3.86. The Morgan fingerprint density at radius 3 is 1.75 bits per heavy atom. The minimum atomic E-state index is 0.877. The fraction of sp³-hybridized carbons (Fsp3) is 1.00. The Morgan fingerprint density at radius 2 is 1.25 bits per heavy atom. The number of hydrogen-bond acceptors (Lipinski definition) is 0. The second kappa shape index (κ2) is 10.2. The predicted molar refractivity (Wildman–Crippen MR) is 75.8 cm³/mol. The van der Waals surface area contributed by atoms with Crippen LogP contribution in [-0.2, 0) is 0 Å². The molecule has 0 aliphatic heterocycles. The lowest BCUT2D eigenvalue weighted by Gasteiger charge is -2.24. The number of hydrogen-bond donors (Lipinski definition) is 0. The molecule has 0 aromatic heterocycles. The topological polar surface area (TPSA) is 0 Å². The van der Waals surface area contributed by atoms with Crippen molar-refractivity contribution in [2.75, 3.05) is 0 Å². The Morgan fingerprint density at radius 1 is 0.688 bits per heavy atom. The molecular formula is C16H34. The van der Waals surface area contributed by atoms with Crippen molar-refractivity contribution in [3.8, 4) is 0 Å². The van der Waals surface area contributed by atoms with Gasteiger partial charge in [0.05, 0.1) is 0 Å². The maximum absolute atomic E-state index is 2.48. The summed E-state index contributed by atoms with van der Waals surface area (Å²) in [6.07, 6.45) is 11.4. The highest BCUT2D eigenvalue weighted by atomic mass is 14.2. The molecule has 98 valence electrons. The van der Waals surface area contributed by atoms with Crippen LogP contribution >= 0.6 is 0 Å². The van der Waals surface area contributed by atoms with E-state index in [-0.39, 0.29) is 0 Å². The zero-order chi connectivity index (χ0) is 12.4. The van der Waals surface area contributed by atoms with Crippen LogP contribution in [0.5, 0.6) is 0 Å². The highest BCUT2D eigenvalue weighted by Gasteiger charge is 2.16. The van der Waals surface area contributed by atoms with E-state index in [1.165, 1.54) is 51.4 Å². The van der Waals surface area contributed by atoms with Gasteiger partial charge in [-0.15, -0.1) is 0 Å². The molecule has 0 amide bonds. The Balaban J connectivity index is 3.95. The maximum Gasteiger partial charge on any atom is -0.0388 e. The SMILES string of the molecule is CCCCC(C)C(CCCC)CCC(C)C. The Bertz CT molecular complexity index is 137. The molecule has 0 nitrogen and oxygen atoms in total. The quantitative estimate of drug-likeness (QED) is 0.425. The van der Waals surface area contributed by atoms with Crippen molar-refractivity contribution in [2.45, 2.75) is 86.0 Å². The second-order valence-corrected chi connectivity index (χ2v) is 5.99. The third-order valence-corrected chi connectivity index (χ3v) is 3.86. The Kier molecular flexibility index (Phi) is 10.2. The monoisotopic (exact) mass is 226 g/mol. The van der Waals surface area contributed by atoms with E-state index in [0.29, 0.717) is 0 Å². The summed E-state index contributed by atoms with van der Waals surface area (Å²) in [5.41, 5.74) is 0. The van der Waals surface area contributed by atoms with Gasteiger partial charge in [-0.2, -0.15) is 0 Å². The highest BCUT2D eigenvalue weighted by Crippen LogP contribution is 2.28. The Labute approximate surface area is 104 Å². The molecule has 0 heterocycles. The van der Waals surface area contributed by atoms with Gasteiger partial charge < -0.3 is 0 Å². The molecular weight excluding hydrogens is 192 g/mol. The van der Waals surface area contributed by atoms with Crippen LogP contribution in [0.1, 0.15) is 86.0 Å². The average Bonchev–Trinajstić information content (AvgIpc) is 2.25. The van der Waals surface area contributed by atoms with Gasteiger partial charge in [-0.05, 0) is 24.2 Å². The highest BCUT2D eigenvalue weighted by molar-refractivity contribution is 4.68. The molecule has 0 heteroatoms. The first-order valence-corrected chi connectivity index (χ1v) is 7.61. The van der Waals surface area contributed by atoms with Crippen molar-refractivity contribution in [1.29, 1.82) is 0 Å². The summed E-state index contributed by atoms with van der Waals surface area (Å²) < 4.78 is 0. The molecule has 0 aliphatic carbocycles. The van der Waals surface area contributed by atoms with Gasteiger partial charge in [-0.1, -0.05) is 79.6 Å². The first-order chi connectivity index (χ1) is 7.61. The summed E-state index contributed by atoms with van der Waals surface area (Å²) in [6.45, 7) is 11.8. The molecule has 0 spiro atoms.